The maximum atomic E-state index is 12.2. The highest BCUT2D eigenvalue weighted by Crippen LogP contribution is 2.21. The van der Waals surface area contributed by atoms with Crippen LogP contribution in [-0.2, 0) is 14.4 Å². The molecule has 1 aliphatic heterocycles. The topological polar surface area (TPSA) is 105 Å². The highest BCUT2D eigenvalue weighted by molar-refractivity contribution is 9.10. The van der Waals surface area contributed by atoms with Gasteiger partial charge in [0.1, 0.15) is 5.75 Å². The summed E-state index contributed by atoms with van der Waals surface area (Å²) >= 11 is 3.43. The summed E-state index contributed by atoms with van der Waals surface area (Å²) in [5, 5.41) is 0. The van der Waals surface area contributed by atoms with Crippen molar-refractivity contribution in [3.8, 4) is 5.75 Å². The Balaban J connectivity index is 1.74. The van der Waals surface area contributed by atoms with E-state index in [0.717, 1.165) is 15.8 Å². The smallest absolute Gasteiger partial charge is 0.323 e. The number of amides is 3. The van der Waals surface area contributed by atoms with E-state index < -0.39 is 11.8 Å². The van der Waals surface area contributed by atoms with Crippen molar-refractivity contribution in [2.75, 3.05) is 32.8 Å². The number of halogens is 1. The number of hydrogen-bond donors (Lipinski definition) is 2. The molecule has 1 aliphatic rings. The van der Waals surface area contributed by atoms with Crippen LogP contribution in [0.25, 0.3) is 0 Å². The van der Waals surface area contributed by atoms with E-state index in [1.165, 1.54) is 4.90 Å². The molecule has 0 aliphatic carbocycles. The van der Waals surface area contributed by atoms with Gasteiger partial charge >= 0.3 is 11.8 Å². The lowest BCUT2D eigenvalue weighted by atomic mass is 10.2. The zero-order valence-electron chi connectivity index (χ0n) is 14.0. The molecule has 0 aromatic heterocycles. The number of aryl methyl sites for hydroxylation is 1. The predicted octanol–water partition coefficient (Wildman–Crippen LogP) is 0.187. The van der Waals surface area contributed by atoms with Gasteiger partial charge in [0.05, 0.1) is 13.0 Å². The average Bonchev–Trinajstić information content (AvgIpc) is 2.63. The number of rotatable bonds is 4. The van der Waals surface area contributed by atoms with Crippen LogP contribution in [-0.4, -0.2) is 60.3 Å². The first-order chi connectivity index (χ1) is 11.9. The van der Waals surface area contributed by atoms with Crippen molar-refractivity contribution < 1.29 is 19.1 Å². The minimum absolute atomic E-state index is 0.0378. The largest absolute Gasteiger partial charge is 0.493 e. The third kappa shape index (κ3) is 5.17. The molecule has 0 unspecified atom stereocenters. The molecule has 9 heteroatoms. The van der Waals surface area contributed by atoms with Gasteiger partial charge in [0, 0.05) is 30.7 Å². The fourth-order valence-electron chi connectivity index (χ4n) is 2.49. The minimum Gasteiger partial charge on any atom is -0.493 e. The zero-order chi connectivity index (χ0) is 18.4. The van der Waals surface area contributed by atoms with Gasteiger partial charge in [0.15, 0.2) is 0 Å². The fourth-order valence-corrected chi connectivity index (χ4v) is 2.73. The van der Waals surface area contributed by atoms with Gasteiger partial charge in [-0.2, -0.15) is 0 Å². The second kappa shape index (κ2) is 8.82. The average molecular weight is 413 g/mol. The Labute approximate surface area is 154 Å². The standard InChI is InChI=1S/C16H21BrN4O4/c1-11-10-12(2-3-13(11)17)25-9-4-14(22)20-5-7-21(8-6-20)16(24)15(23)19-18/h2-3,10H,4-9,18H2,1H3,(H,19,23). The van der Waals surface area contributed by atoms with E-state index in [1.54, 1.807) is 4.90 Å². The van der Waals surface area contributed by atoms with E-state index in [0.29, 0.717) is 26.2 Å². The van der Waals surface area contributed by atoms with Gasteiger partial charge in [0.2, 0.25) is 5.91 Å². The zero-order valence-corrected chi connectivity index (χ0v) is 15.5. The maximum absolute atomic E-state index is 12.2. The molecule has 1 aromatic carbocycles. The number of nitrogens with two attached hydrogens (primary N) is 1. The Morgan fingerprint density at radius 2 is 1.84 bits per heavy atom. The molecule has 1 aromatic rings. The molecule has 8 nitrogen and oxygen atoms in total. The number of ether oxygens (including phenoxy) is 1. The highest BCUT2D eigenvalue weighted by Gasteiger charge is 2.27. The summed E-state index contributed by atoms with van der Waals surface area (Å²) in [5.41, 5.74) is 2.88. The van der Waals surface area contributed by atoms with E-state index in [1.807, 2.05) is 30.5 Å². The summed E-state index contributed by atoms with van der Waals surface area (Å²) in [6.45, 7) is 3.65. The first-order valence-corrected chi connectivity index (χ1v) is 8.68. The molecule has 25 heavy (non-hydrogen) atoms. The lowest BCUT2D eigenvalue weighted by Crippen LogP contribution is -2.54. The Morgan fingerprint density at radius 1 is 1.20 bits per heavy atom. The van der Waals surface area contributed by atoms with Gasteiger partial charge in [-0.15, -0.1) is 0 Å². The van der Waals surface area contributed by atoms with Crippen LogP contribution in [0, 0.1) is 6.92 Å². The maximum Gasteiger partial charge on any atom is 0.323 e. The van der Waals surface area contributed by atoms with Crippen LogP contribution in [0.1, 0.15) is 12.0 Å². The molecule has 0 bridgehead atoms. The summed E-state index contributed by atoms with van der Waals surface area (Å²) in [4.78, 5) is 38.2. The molecule has 3 N–H and O–H groups in total. The summed E-state index contributed by atoms with van der Waals surface area (Å²) in [5.74, 6) is 4.10. The normalized spacial score (nSPS) is 14.2. The summed E-state index contributed by atoms with van der Waals surface area (Å²) in [6, 6.07) is 5.65. The van der Waals surface area contributed by atoms with Gasteiger partial charge in [-0.25, -0.2) is 5.84 Å². The van der Waals surface area contributed by atoms with Gasteiger partial charge < -0.3 is 14.5 Å². The fraction of sp³-hybridized carbons (Fsp3) is 0.438. The molecule has 1 heterocycles. The molecular formula is C16H21BrN4O4. The number of hydrazine groups is 1. The van der Waals surface area contributed by atoms with Crippen LogP contribution < -0.4 is 16.0 Å². The Morgan fingerprint density at radius 3 is 2.44 bits per heavy atom. The summed E-state index contributed by atoms with van der Waals surface area (Å²) in [6.07, 6.45) is 0.256. The van der Waals surface area contributed by atoms with Crippen molar-refractivity contribution >= 4 is 33.7 Å². The van der Waals surface area contributed by atoms with Crippen molar-refractivity contribution in [2.45, 2.75) is 13.3 Å². The number of nitrogens with one attached hydrogen (secondary N) is 1. The molecule has 1 fully saturated rings. The predicted molar refractivity (Wildman–Crippen MR) is 94.5 cm³/mol. The first-order valence-electron chi connectivity index (χ1n) is 7.89. The van der Waals surface area contributed by atoms with Crippen LogP contribution in [0.4, 0.5) is 0 Å². The van der Waals surface area contributed by atoms with Crippen LogP contribution in [0.2, 0.25) is 0 Å². The number of piperazine rings is 1. The number of carbonyl (C=O) groups is 3. The molecular weight excluding hydrogens is 392 g/mol. The lowest BCUT2D eigenvalue weighted by Gasteiger charge is -2.34. The quantitative estimate of drug-likeness (QED) is 0.317. The summed E-state index contributed by atoms with van der Waals surface area (Å²) in [7, 11) is 0. The second-order valence-electron chi connectivity index (χ2n) is 5.66. The summed E-state index contributed by atoms with van der Waals surface area (Å²) < 4.78 is 6.62. The Kier molecular flexibility index (Phi) is 6.77. The first kappa shape index (κ1) is 19.2. The number of nitrogens with zero attached hydrogens (tertiary/aromatic N) is 2. The number of hydrogen-bond acceptors (Lipinski definition) is 5. The Hall–Kier alpha value is -2.13. The van der Waals surface area contributed by atoms with E-state index in [2.05, 4.69) is 15.9 Å². The van der Waals surface area contributed by atoms with E-state index in [9.17, 15) is 14.4 Å². The number of benzene rings is 1. The van der Waals surface area contributed by atoms with E-state index in [-0.39, 0.29) is 18.9 Å². The van der Waals surface area contributed by atoms with Crippen molar-refractivity contribution in [1.29, 1.82) is 0 Å². The van der Waals surface area contributed by atoms with Crippen LogP contribution in [0.15, 0.2) is 22.7 Å². The lowest BCUT2D eigenvalue weighted by molar-refractivity contribution is -0.148. The molecule has 0 radical (unpaired) electrons. The van der Waals surface area contributed by atoms with Crippen molar-refractivity contribution in [2.24, 2.45) is 5.84 Å². The molecule has 0 saturated carbocycles. The minimum atomic E-state index is -0.849. The molecule has 2 rings (SSSR count). The van der Waals surface area contributed by atoms with Gasteiger partial charge in [0.25, 0.3) is 0 Å². The molecule has 0 atom stereocenters. The number of carbonyl (C=O) groups excluding carboxylic acids is 3. The molecule has 3 amide bonds. The van der Waals surface area contributed by atoms with Crippen molar-refractivity contribution in [3.05, 3.63) is 28.2 Å². The SMILES string of the molecule is Cc1cc(OCCC(=O)N2CCN(C(=O)C(=O)NN)CC2)ccc1Br. The third-order valence-electron chi connectivity index (χ3n) is 3.96. The second-order valence-corrected chi connectivity index (χ2v) is 6.51. The van der Waals surface area contributed by atoms with Crippen LogP contribution in [0.3, 0.4) is 0 Å². The highest BCUT2D eigenvalue weighted by atomic mass is 79.9. The van der Waals surface area contributed by atoms with Crippen molar-refractivity contribution in [1.82, 2.24) is 15.2 Å². The van der Waals surface area contributed by atoms with Gasteiger partial charge in [-0.1, -0.05) is 15.9 Å². The molecule has 1 saturated heterocycles. The van der Waals surface area contributed by atoms with Gasteiger partial charge in [-0.05, 0) is 30.7 Å². The van der Waals surface area contributed by atoms with Crippen LogP contribution in [0.5, 0.6) is 5.75 Å². The van der Waals surface area contributed by atoms with Gasteiger partial charge in [-0.3, -0.25) is 19.8 Å². The van der Waals surface area contributed by atoms with Crippen LogP contribution >= 0.6 is 15.9 Å². The Bertz CT molecular complexity index is 660. The molecule has 0 spiro atoms. The van der Waals surface area contributed by atoms with E-state index >= 15 is 0 Å². The molecule has 136 valence electrons. The monoisotopic (exact) mass is 412 g/mol. The van der Waals surface area contributed by atoms with E-state index in [4.69, 9.17) is 10.6 Å². The third-order valence-corrected chi connectivity index (χ3v) is 4.85. The van der Waals surface area contributed by atoms with Crippen molar-refractivity contribution in [3.63, 3.8) is 0 Å².